The molecule has 1 aliphatic carbocycles. The summed E-state index contributed by atoms with van der Waals surface area (Å²) in [5, 5.41) is 69.0. The SMILES string of the molecule is Cc1cc(C(C)(CCCO)c2ccc(O)c(C)c2)ccc1O.Cc1cc(C2(c3ccc(O)c(C)c3)OC(=O)c3ccccc32)ccc1O.Cc1cc(C2(c3ccc(O)c(C)c3)c3ccccc3-c3ccccc32)ccc1O. The third-order valence-electron chi connectivity index (χ3n) is 15.7. The fourth-order valence-corrected chi connectivity index (χ4v) is 11.2. The lowest BCUT2D eigenvalue weighted by Gasteiger charge is -2.34. The van der Waals surface area contributed by atoms with Crippen molar-refractivity contribution in [2.75, 3.05) is 6.61 Å². The first-order chi connectivity index (χ1) is 36.8. The van der Waals surface area contributed by atoms with Crippen LogP contribution in [0.1, 0.15) is 114 Å². The third kappa shape index (κ3) is 9.42. The molecule has 0 amide bonds. The summed E-state index contributed by atoms with van der Waals surface area (Å²) in [6.07, 6.45) is 1.48. The van der Waals surface area contributed by atoms with Gasteiger partial charge in [-0.1, -0.05) is 134 Å². The number of carbonyl (C=O) groups is 1. The van der Waals surface area contributed by atoms with E-state index < -0.39 is 17.0 Å². The summed E-state index contributed by atoms with van der Waals surface area (Å²) in [4.78, 5) is 12.6. The molecule has 0 saturated heterocycles. The van der Waals surface area contributed by atoms with Crippen LogP contribution in [0, 0.1) is 41.5 Å². The first-order valence-corrected chi connectivity index (χ1v) is 25.8. The van der Waals surface area contributed by atoms with Gasteiger partial charge in [0, 0.05) is 28.7 Å². The Hall–Kier alpha value is -8.79. The van der Waals surface area contributed by atoms with Crippen molar-refractivity contribution in [1.82, 2.24) is 0 Å². The molecule has 0 unspecified atom stereocenters. The van der Waals surface area contributed by atoms with Gasteiger partial charge in [-0.3, -0.25) is 0 Å². The fourth-order valence-electron chi connectivity index (χ4n) is 11.2. The van der Waals surface area contributed by atoms with E-state index in [1.54, 1.807) is 74.5 Å². The van der Waals surface area contributed by atoms with E-state index in [-0.39, 0.29) is 35.0 Å². The lowest BCUT2D eigenvalue weighted by atomic mass is 9.67. The van der Waals surface area contributed by atoms with Gasteiger partial charge in [0.05, 0.1) is 11.0 Å². The molecular weight excluding hydrogens is 961 g/mol. The highest BCUT2D eigenvalue weighted by Gasteiger charge is 2.49. The molecule has 9 heteroatoms. The maximum Gasteiger partial charge on any atom is 0.340 e. The smallest absolute Gasteiger partial charge is 0.340 e. The normalized spacial score (nSPS) is 13.5. The van der Waals surface area contributed by atoms with Gasteiger partial charge in [0.25, 0.3) is 0 Å². The number of aromatic hydroxyl groups is 6. The van der Waals surface area contributed by atoms with Crippen molar-refractivity contribution in [3.63, 3.8) is 0 Å². The zero-order valence-electron chi connectivity index (χ0n) is 44.4. The average Bonchev–Trinajstić information content (AvgIpc) is 3.91. The van der Waals surface area contributed by atoms with Gasteiger partial charge in [-0.25, -0.2) is 4.79 Å². The number of ether oxygens (including phenoxy) is 1. The van der Waals surface area contributed by atoms with E-state index in [2.05, 4.69) is 67.6 Å². The number of hydrogen-bond donors (Lipinski definition) is 7. The number of rotatable bonds is 9. The molecule has 0 saturated carbocycles. The Morgan fingerprint density at radius 2 is 0.727 bits per heavy atom. The number of carbonyl (C=O) groups excluding carboxylic acids is 1. The molecule has 390 valence electrons. The summed E-state index contributed by atoms with van der Waals surface area (Å²) >= 11 is 0. The first kappa shape index (κ1) is 53.1. The molecule has 2 aliphatic rings. The van der Waals surface area contributed by atoms with Crippen LogP contribution in [0.4, 0.5) is 0 Å². The van der Waals surface area contributed by atoms with Crippen molar-refractivity contribution in [3.05, 3.63) is 271 Å². The molecule has 0 fully saturated rings. The molecule has 9 aromatic carbocycles. The van der Waals surface area contributed by atoms with Gasteiger partial charge in [0.2, 0.25) is 0 Å². The number of aryl methyl sites for hydroxylation is 6. The highest BCUT2D eigenvalue weighted by molar-refractivity contribution is 5.96. The molecule has 1 aliphatic heterocycles. The second-order valence-corrected chi connectivity index (χ2v) is 20.6. The van der Waals surface area contributed by atoms with Gasteiger partial charge in [-0.15, -0.1) is 0 Å². The van der Waals surface area contributed by atoms with E-state index in [0.717, 1.165) is 67.6 Å². The number of esters is 1. The number of benzene rings is 9. The summed E-state index contributed by atoms with van der Waals surface area (Å²) in [6, 6.07) is 57.8. The van der Waals surface area contributed by atoms with Gasteiger partial charge in [0.15, 0.2) is 5.60 Å². The standard InChI is InChI=1S/C27H22O2.C22H18O4.C19H24O3/c1-17-15-19(11-13-25(17)28)27(20-12-14-26(29)18(2)16-20)23-9-5-3-7-21(23)22-8-4-6-10-24(22)27;1-13-11-15(7-9-19(13)23)22(16-8-10-20(24)14(2)12-16)18-6-4-3-5-17(18)21(25)26-22;1-13-11-15(5-7-17(13)21)19(3,9-4-10-20)16-6-8-18(22)14(2)12-16/h3-16,28-29H,1-2H3;3-12,23-24H,1-2H3;5-8,11-12,20-22H,4,9-10H2,1-3H3. The number of cyclic esters (lactones) is 1. The van der Waals surface area contributed by atoms with E-state index in [9.17, 15) is 40.5 Å². The molecule has 7 N–H and O–H groups in total. The zero-order chi connectivity index (χ0) is 55.0. The Balaban J connectivity index is 0.000000142. The van der Waals surface area contributed by atoms with E-state index >= 15 is 0 Å². The monoisotopic (exact) mass is 1020 g/mol. The van der Waals surface area contributed by atoms with Gasteiger partial charge < -0.3 is 40.5 Å². The van der Waals surface area contributed by atoms with E-state index in [4.69, 9.17) is 4.74 Å². The number of aliphatic hydroxyl groups is 1. The molecule has 0 atom stereocenters. The highest BCUT2D eigenvalue weighted by atomic mass is 16.6. The number of fused-ring (bicyclic) bond motifs is 4. The summed E-state index contributed by atoms with van der Waals surface area (Å²) < 4.78 is 5.98. The molecular formula is C68H64O9. The largest absolute Gasteiger partial charge is 0.508 e. The fraction of sp³-hybridized carbons (Fsp3) is 0.191. The Morgan fingerprint density at radius 1 is 0.403 bits per heavy atom. The van der Waals surface area contributed by atoms with Crippen LogP contribution in [0.3, 0.4) is 0 Å². The van der Waals surface area contributed by atoms with Gasteiger partial charge in [-0.05, 0) is 187 Å². The van der Waals surface area contributed by atoms with Crippen molar-refractivity contribution in [1.29, 1.82) is 0 Å². The second-order valence-electron chi connectivity index (χ2n) is 20.6. The predicted octanol–water partition coefficient (Wildman–Crippen LogP) is 14.0. The Morgan fingerprint density at radius 3 is 1.10 bits per heavy atom. The molecule has 11 rings (SSSR count). The summed E-state index contributed by atoms with van der Waals surface area (Å²) in [5.74, 6) is 1.14. The Kier molecular flexibility index (Phi) is 14.5. The molecule has 9 aromatic rings. The van der Waals surface area contributed by atoms with Crippen molar-refractivity contribution in [2.45, 2.75) is 77.7 Å². The minimum atomic E-state index is -1.12. The average molecular weight is 1030 g/mol. The zero-order valence-corrected chi connectivity index (χ0v) is 44.4. The maximum atomic E-state index is 12.6. The lowest BCUT2D eigenvalue weighted by molar-refractivity contribution is 0.0251. The van der Waals surface area contributed by atoms with Crippen molar-refractivity contribution in [2.24, 2.45) is 0 Å². The maximum absolute atomic E-state index is 12.6. The third-order valence-corrected chi connectivity index (χ3v) is 15.7. The van der Waals surface area contributed by atoms with E-state index in [0.29, 0.717) is 34.6 Å². The van der Waals surface area contributed by atoms with Crippen LogP contribution in [-0.2, 0) is 21.2 Å². The van der Waals surface area contributed by atoms with Gasteiger partial charge >= 0.3 is 5.97 Å². The summed E-state index contributed by atoms with van der Waals surface area (Å²) in [7, 11) is 0. The summed E-state index contributed by atoms with van der Waals surface area (Å²) in [6.45, 7) is 13.5. The van der Waals surface area contributed by atoms with Gasteiger partial charge in [0.1, 0.15) is 34.5 Å². The lowest BCUT2D eigenvalue weighted by Crippen LogP contribution is -2.29. The molecule has 0 radical (unpaired) electrons. The van der Waals surface area contributed by atoms with Crippen LogP contribution < -0.4 is 0 Å². The van der Waals surface area contributed by atoms with Crippen LogP contribution >= 0.6 is 0 Å². The van der Waals surface area contributed by atoms with Crippen LogP contribution in [-0.4, -0.2) is 48.3 Å². The molecule has 0 bridgehead atoms. The minimum absolute atomic E-state index is 0.143. The quantitative estimate of drug-likeness (QED) is 0.0696. The predicted molar refractivity (Wildman–Crippen MR) is 302 cm³/mol. The van der Waals surface area contributed by atoms with Crippen LogP contribution in [0.5, 0.6) is 34.5 Å². The topological polar surface area (TPSA) is 168 Å². The summed E-state index contributed by atoms with van der Waals surface area (Å²) in [5.41, 5.74) is 14.9. The minimum Gasteiger partial charge on any atom is -0.508 e. The van der Waals surface area contributed by atoms with Crippen LogP contribution in [0.25, 0.3) is 11.1 Å². The Labute approximate surface area is 450 Å². The van der Waals surface area contributed by atoms with Crippen molar-refractivity contribution >= 4 is 5.97 Å². The molecule has 77 heavy (non-hydrogen) atoms. The first-order valence-electron chi connectivity index (χ1n) is 25.8. The molecule has 9 nitrogen and oxygen atoms in total. The number of hydrogen-bond acceptors (Lipinski definition) is 9. The van der Waals surface area contributed by atoms with Crippen LogP contribution in [0.2, 0.25) is 0 Å². The van der Waals surface area contributed by atoms with Crippen LogP contribution in [0.15, 0.2) is 182 Å². The number of phenols is 6. The van der Waals surface area contributed by atoms with Crippen molar-refractivity contribution in [3.8, 4) is 45.6 Å². The van der Waals surface area contributed by atoms with Crippen molar-refractivity contribution < 1.29 is 45.3 Å². The molecule has 1 heterocycles. The Bertz CT molecular complexity index is 3500. The second kappa shape index (κ2) is 21.1. The van der Waals surface area contributed by atoms with E-state index in [1.807, 2.05) is 88.4 Å². The highest BCUT2D eigenvalue weighted by Crippen LogP contribution is 2.57. The molecule has 0 spiro atoms. The number of aliphatic hydroxyl groups excluding tert-OH is 1. The number of phenolic OH excluding ortho intramolecular Hbond substituents is 6. The van der Waals surface area contributed by atoms with Gasteiger partial charge in [-0.2, -0.15) is 0 Å². The van der Waals surface area contributed by atoms with E-state index in [1.165, 1.54) is 22.3 Å². The molecule has 0 aromatic heterocycles.